The molecule has 0 radical (unpaired) electrons. The highest BCUT2D eigenvalue weighted by molar-refractivity contribution is 6.33. The maximum atomic E-state index is 6.17. The van der Waals surface area contributed by atoms with Crippen molar-refractivity contribution in [3.63, 3.8) is 0 Å². The van der Waals surface area contributed by atoms with Crippen LogP contribution in [0, 0.1) is 0 Å². The lowest BCUT2D eigenvalue weighted by Gasteiger charge is -2.05. The monoisotopic (exact) mass is 311 g/mol. The smallest absolute Gasteiger partial charge is 0.0952 e. The topological polar surface area (TPSA) is 29.9 Å². The summed E-state index contributed by atoms with van der Waals surface area (Å²) >= 11 is 12.2. The van der Waals surface area contributed by atoms with Crippen LogP contribution >= 0.6 is 23.2 Å². The molecule has 0 fully saturated rings. The van der Waals surface area contributed by atoms with Gasteiger partial charge in [0.2, 0.25) is 0 Å². The second-order valence-electron chi connectivity index (χ2n) is 4.77. The fourth-order valence-electron chi connectivity index (χ4n) is 2.00. The molecule has 0 aliphatic carbocycles. The molecule has 0 aliphatic heterocycles. The van der Waals surface area contributed by atoms with Crippen LogP contribution in [0.15, 0.2) is 30.7 Å². The van der Waals surface area contributed by atoms with Crippen molar-refractivity contribution in [2.24, 2.45) is 0 Å². The normalized spacial score (nSPS) is 10.9. The van der Waals surface area contributed by atoms with Crippen molar-refractivity contribution in [3.8, 4) is 0 Å². The average Bonchev–Trinajstić information content (AvgIpc) is 2.87. The fourth-order valence-corrected chi connectivity index (χ4v) is 2.37. The molecule has 0 unspecified atom stereocenters. The van der Waals surface area contributed by atoms with Crippen LogP contribution in [0.3, 0.4) is 0 Å². The highest BCUT2D eigenvalue weighted by atomic mass is 35.5. The predicted molar refractivity (Wildman–Crippen MR) is 84.7 cm³/mol. The molecule has 108 valence electrons. The van der Waals surface area contributed by atoms with E-state index in [1.165, 1.54) is 0 Å². The molecule has 0 aliphatic rings. The minimum atomic E-state index is 0.689. The van der Waals surface area contributed by atoms with Crippen molar-refractivity contribution in [2.75, 3.05) is 13.1 Å². The van der Waals surface area contributed by atoms with E-state index in [4.69, 9.17) is 23.2 Å². The van der Waals surface area contributed by atoms with Crippen molar-refractivity contribution in [1.82, 2.24) is 14.9 Å². The van der Waals surface area contributed by atoms with Gasteiger partial charge in [0.1, 0.15) is 0 Å². The molecule has 0 saturated heterocycles. The zero-order valence-corrected chi connectivity index (χ0v) is 13.1. The van der Waals surface area contributed by atoms with Crippen LogP contribution in [-0.4, -0.2) is 22.6 Å². The summed E-state index contributed by atoms with van der Waals surface area (Å²) < 4.78 is 2.03. The quantitative estimate of drug-likeness (QED) is 0.789. The van der Waals surface area contributed by atoms with E-state index in [0.29, 0.717) is 11.6 Å². The Morgan fingerprint density at radius 2 is 2.10 bits per heavy atom. The third-order valence-electron chi connectivity index (χ3n) is 3.03. The third kappa shape index (κ3) is 4.51. The Morgan fingerprint density at radius 3 is 2.90 bits per heavy atom. The highest BCUT2D eigenvalue weighted by Gasteiger charge is 2.04. The van der Waals surface area contributed by atoms with Crippen LogP contribution in [0.1, 0.15) is 24.6 Å². The summed E-state index contributed by atoms with van der Waals surface area (Å²) in [5.41, 5.74) is 2.10. The Morgan fingerprint density at radius 1 is 1.25 bits per heavy atom. The van der Waals surface area contributed by atoms with E-state index in [9.17, 15) is 0 Å². The molecule has 2 aromatic rings. The summed E-state index contributed by atoms with van der Waals surface area (Å²) in [6.45, 7) is 4.87. The second kappa shape index (κ2) is 7.67. The zero-order valence-electron chi connectivity index (χ0n) is 11.6. The SMILES string of the molecule is CCCNCCc1cn(Cc2cc(Cl)ccc2Cl)cn1. The number of rotatable bonds is 7. The lowest BCUT2D eigenvalue weighted by Crippen LogP contribution is -2.17. The number of aromatic nitrogens is 2. The number of hydrogen-bond acceptors (Lipinski definition) is 2. The predicted octanol–water partition coefficient (Wildman–Crippen LogP) is 3.78. The number of halogens is 2. The molecule has 1 N–H and O–H groups in total. The lowest BCUT2D eigenvalue weighted by atomic mass is 10.2. The van der Waals surface area contributed by atoms with E-state index in [-0.39, 0.29) is 0 Å². The molecule has 0 atom stereocenters. The first-order valence-electron chi connectivity index (χ1n) is 6.84. The van der Waals surface area contributed by atoms with Crippen LogP contribution in [0.25, 0.3) is 0 Å². The van der Waals surface area contributed by atoms with Crippen LogP contribution < -0.4 is 5.32 Å². The molecule has 5 heteroatoms. The largest absolute Gasteiger partial charge is 0.333 e. The maximum Gasteiger partial charge on any atom is 0.0952 e. The van der Waals surface area contributed by atoms with Gasteiger partial charge in [-0.2, -0.15) is 0 Å². The summed E-state index contributed by atoms with van der Waals surface area (Å²) in [6.07, 6.45) is 6.00. The first-order valence-corrected chi connectivity index (χ1v) is 7.60. The second-order valence-corrected chi connectivity index (χ2v) is 5.62. The number of hydrogen-bond donors (Lipinski definition) is 1. The molecule has 0 spiro atoms. The number of benzene rings is 1. The van der Waals surface area contributed by atoms with Gasteiger partial charge in [0.05, 0.1) is 18.6 Å². The van der Waals surface area contributed by atoms with E-state index < -0.39 is 0 Å². The fraction of sp³-hybridized carbons (Fsp3) is 0.400. The van der Waals surface area contributed by atoms with Gasteiger partial charge in [0.15, 0.2) is 0 Å². The molecule has 3 nitrogen and oxygen atoms in total. The van der Waals surface area contributed by atoms with E-state index >= 15 is 0 Å². The summed E-state index contributed by atoms with van der Waals surface area (Å²) in [5, 5.41) is 4.80. The van der Waals surface area contributed by atoms with Crippen molar-refractivity contribution in [3.05, 3.63) is 52.0 Å². The highest BCUT2D eigenvalue weighted by Crippen LogP contribution is 2.21. The molecule has 1 heterocycles. The van der Waals surface area contributed by atoms with Crippen LogP contribution in [0.2, 0.25) is 10.0 Å². The Balaban J connectivity index is 1.93. The minimum absolute atomic E-state index is 0.689. The van der Waals surface area contributed by atoms with E-state index in [2.05, 4.69) is 23.4 Å². The van der Waals surface area contributed by atoms with Crippen LogP contribution in [0.4, 0.5) is 0 Å². The van der Waals surface area contributed by atoms with Crippen molar-refractivity contribution >= 4 is 23.2 Å². The van der Waals surface area contributed by atoms with Gasteiger partial charge in [-0.3, -0.25) is 0 Å². The Kier molecular flexibility index (Phi) is 5.89. The Labute approximate surface area is 129 Å². The van der Waals surface area contributed by atoms with Gasteiger partial charge in [-0.15, -0.1) is 0 Å². The Bertz CT molecular complexity index is 552. The van der Waals surface area contributed by atoms with Crippen molar-refractivity contribution in [2.45, 2.75) is 26.3 Å². The lowest BCUT2D eigenvalue weighted by molar-refractivity contribution is 0.666. The van der Waals surface area contributed by atoms with E-state index in [1.807, 2.05) is 23.0 Å². The van der Waals surface area contributed by atoms with Crippen LogP contribution in [-0.2, 0) is 13.0 Å². The molecule has 20 heavy (non-hydrogen) atoms. The van der Waals surface area contributed by atoms with E-state index in [0.717, 1.165) is 42.2 Å². The molecule has 1 aromatic heterocycles. The summed E-state index contributed by atoms with van der Waals surface area (Å²) in [4.78, 5) is 4.41. The van der Waals surface area contributed by atoms with Crippen molar-refractivity contribution < 1.29 is 0 Å². The van der Waals surface area contributed by atoms with Crippen LogP contribution in [0.5, 0.6) is 0 Å². The van der Waals surface area contributed by atoms with Gasteiger partial charge < -0.3 is 9.88 Å². The first-order chi connectivity index (χ1) is 9.69. The average molecular weight is 312 g/mol. The molecule has 1 aromatic carbocycles. The van der Waals surface area contributed by atoms with Crippen molar-refractivity contribution in [1.29, 1.82) is 0 Å². The molecule has 0 amide bonds. The van der Waals surface area contributed by atoms with Gasteiger partial charge in [-0.05, 0) is 36.7 Å². The Hall–Kier alpha value is -1.03. The number of imidazole rings is 1. The van der Waals surface area contributed by atoms with Gasteiger partial charge >= 0.3 is 0 Å². The molecular weight excluding hydrogens is 293 g/mol. The molecule has 2 rings (SSSR count). The summed E-state index contributed by atoms with van der Waals surface area (Å²) in [6, 6.07) is 5.52. The molecular formula is C15H19Cl2N3. The minimum Gasteiger partial charge on any atom is -0.333 e. The maximum absolute atomic E-state index is 6.17. The van der Waals surface area contributed by atoms with E-state index in [1.54, 1.807) is 6.07 Å². The van der Waals surface area contributed by atoms with Gasteiger partial charge in [-0.25, -0.2) is 4.98 Å². The number of nitrogens with zero attached hydrogens (tertiary/aromatic N) is 2. The molecule has 0 saturated carbocycles. The van der Waals surface area contributed by atoms with Gasteiger partial charge in [-0.1, -0.05) is 30.1 Å². The standard InChI is InChI=1S/C15H19Cl2N3/c1-2-6-18-7-5-14-10-20(11-19-14)9-12-8-13(16)3-4-15(12)17/h3-4,8,10-11,18H,2,5-7,9H2,1H3. The first kappa shape index (κ1) is 15.4. The third-order valence-corrected chi connectivity index (χ3v) is 3.64. The zero-order chi connectivity index (χ0) is 14.4. The summed E-state index contributed by atoms with van der Waals surface area (Å²) in [7, 11) is 0. The number of nitrogens with one attached hydrogen (secondary N) is 1. The molecule has 0 bridgehead atoms. The summed E-state index contributed by atoms with van der Waals surface area (Å²) in [5.74, 6) is 0. The van der Waals surface area contributed by atoms with Gasteiger partial charge in [0, 0.05) is 29.2 Å². The van der Waals surface area contributed by atoms with Gasteiger partial charge in [0.25, 0.3) is 0 Å².